The predicted octanol–water partition coefficient (Wildman–Crippen LogP) is 3.66. The summed E-state index contributed by atoms with van der Waals surface area (Å²) in [6.07, 6.45) is 5.98. The zero-order valence-electron chi connectivity index (χ0n) is 17.1. The fraction of sp³-hybridized carbons (Fsp3) is 0.636. The maximum absolute atomic E-state index is 12.5. The van der Waals surface area contributed by atoms with Gasteiger partial charge in [-0.15, -0.1) is 11.8 Å². The molecule has 2 amide bonds. The van der Waals surface area contributed by atoms with Gasteiger partial charge in [0.15, 0.2) is 0 Å². The molecule has 5 nitrogen and oxygen atoms in total. The van der Waals surface area contributed by atoms with Gasteiger partial charge in [0.1, 0.15) is 0 Å². The summed E-state index contributed by atoms with van der Waals surface area (Å²) in [6, 6.07) is 7.80. The average molecular weight is 438 g/mol. The number of hydrogen-bond acceptors (Lipinski definition) is 4. The third-order valence-electron chi connectivity index (χ3n) is 5.77. The van der Waals surface area contributed by atoms with Gasteiger partial charge in [-0.1, -0.05) is 24.4 Å². The van der Waals surface area contributed by atoms with E-state index in [2.05, 4.69) is 10.2 Å². The molecule has 160 valence electrons. The third-order valence-corrected chi connectivity index (χ3v) is 7.12. The third kappa shape index (κ3) is 7.50. The molecule has 1 aliphatic carbocycles. The number of nitrogens with one attached hydrogen (secondary N) is 1. The Morgan fingerprint density at radius 1 is 1.07 bits per heavy atom. The van der Waals surface area contributed by atoms with Gasteiger partial charge >= 0.3 is 0 Å². The van der Waals surface area contributed by atoms with Gasteiger partial charge in [0.05, 0.1) is 0 Å². The summed E-state index contributed by atoms with van der Waals surface area (Å²) < 4.78 is 0. The normalized spacial score (nSPS) is 18.2. The van der Waals surface area contributed by atoms with Crippen molar-refractivity contribution in [1.82, 2.24) is 15.1 Å². The molecule has 1 aliphatic heterocycles. The number of benzene rings is 1. The van der Waals surface area contributed by atoms with Gasteiger partial charge in [-0.05, 0) is 49.3 Å². The number of halogens is 1. The van der Waals surface area contributed by atoms with Crippen LogP contribution in [0.4, 0.5) is 0 Å². The molecule has 3 rings (SSSR count). The van der Waals surface area contributed by atoms with Crippen LogP contribution >= 0.6 is 23.4 Å². The number of thioether (sulfide) groups is 1. The molecule has 1 N–H and O–H groups in total. The van der Waals surface area contributed by atoms with Crippen molar-refractivity contribution in [2.45, 2.75) is 43.4 Å². The molecule has 1 aromatic rings. The largest absolute Gasteiger partial charge is 0.355 e. The zero-order chi connectivity index (χ0) is 20.5. The summed E-state index contributed by atoms with van der Waals surface area (Å²) in [4.78, 5) is 30.1. The van der Waals surface area contributed by atoms with Crippen molar-refractivity contribution in [2.24, 2.45) is 5.92 Å². The second-order valence-electron chi connectivity index (χ2n) is 7.90. The Morgan fingerprint density at radius 3 is 2.45 bits per heavy atom. The van der Waals surface area contributed by atoms with Crippen molar-refractivity contribution in [3.05, 3.63) is 29.3 Å². The SMILES string of the molecule is O=C(CCCSc1ccc(Cl)cc1)NCCN1CCN(C(=O)C2CCCC2)CC1. The van der Waals surface area contributed by atoms with Crippen LogP contribution in [0.15, 0.2) is 29.2 Å². The fourth-order valence-corrected chi connectivity index (χ4v) is 5.00. The summed E-state index contributed by atoms with van der Waals surface area (Å²) in [5.74, 6) is 1.69. The molecule has 0 radical (unpaired) electrons. The van der Waals surface area contributed by atoms with E-state index < -0.39 is 0 Å². The molecule has 1 heterocycles. The summed E-state index contributed by atoms with van der Waals surface area (Å²) in [7, 11) is 0. The van der Waals surface area contributed by atoms with E-state index in [0.717, 1.165) is 62.8 Å². The summed E-state index contributed by atoms with van der Waals surface area (Å²) in [5, 5.41) is 3.77. The van der Waals surface area contributed by atoms with Crippen molar-refractivity contribution in [1.29, 1.82) is 0 Å². The Kier molecular flexibility index (Phi) is 9.15. The predicted molar refractivity (Wildman–Crippen MR) is 119 cm³/mol. The minimum Gasteiger partial charge on any atom is -0.355 e. The van der Waals surface area contributed by atoms with E-state index in [1.54, 1.807) is 11.8 Å². The summed E-state index contributed by atoms with van der Waals surface area (Å²) >= 11 is 7.63. The number of nitrogens with zero attached hydrogens (tertiary/aromatic N) is 2. The number of carbonyl (C=O) groups is 2. The molecule has 7 heteroatoms. The van der Waals surface area contributed by atoms with E-state index in [9.17, 15) is 9.59 Å². The lowest BCUT2D eigenvalue weighted by Crippen LogP contribution is -2.51. The first kappa shape index (κ1) is 22.4. The van der Waals surface area contributed by atoms with Crippen LogP contribution < -0.4 is 5.32 Å². The first-order chi connectivity index (χ1) is 14.1. The minimum absolute atomic E-state index is 0.122. The molecular formula is C22H32ClN3O2S. The number of amides is 2. The summed E-state index contributed by atoms with van der Waals surface area (Å²) in [5.41, 5.74) is 0. The zero-order valence-corrected chi connectivity index (χ0v) is 18.6. The Labute approximate surface area is 183 Å². The van der Waals surface area contributed by atoms with E-state index in [-0.39, 0.29) is 11.8 Å². The van der Waals surface area contributed by atoms with Gasteiger partial charge in [0.2, 0.25) is 11.8 Å². The van der Waals surface area contributed by atoms with E-state index in [4.69, 9.17) is 11.6 Å². The molecule has 2 aliphatic rings. The molecule has 1 saturated carbocycles. The van der Waals surface area contributed by atoms with Crippen LogP contribution in [-0.2, 0) is 9.59 Å². The van der Waals surface area contributed by atoms with Crippen LogP contribution in [0.1, 0.15) is 38.5 Å². The molecule has 2 fully saturated rings. The molecule has 0 spiro atoms. The lowest BCUT2D eigenvalue weighted by atomic mass is 10.1. The topological polar surface area (TPSA) is 52.7 Å². The van der Waals surface area contributed by atoms with Crippen molar-refractivity contribution >= 4 is 35.2 Å². The molecule has 29 heavy (non-hydrogen) atoms. The number of rotatable bonds is 9. The Hall–Kier alpha value is -1.24. The van der Waals surface area contributed by atoms with Crippen LogP contribution in [-0.4, -0.2) is 66.6 Å². The van der Waals surface area contributed by atoms with Gasteiger partial charge in [-0.25, -0.2) is 0 Å². The molecule has 1 saturated heterocycles. The van der Waals surface area contributed by atoms with Gasteiger partial charge in [-0.3, -0.25) is 14.5 Å². The smallest absolute Gasteiger partial charge is 0.225 e. The van der Waals surface area contributed by atoms with Gasteiger partial charge in [0.25, 0.3) is 0 Å². The van der Waals surface area contributed by atoms with Gasteiger partial charge in [-0.2, -0.15) is 0 Å². The van der Waals surface area contributed by atoms with Crippen LogP contribution in [0, 0.1) is 5.92 Å². The van der Waals surface area contributed by atoms with Crippen LogP contribution in [0.25, 0.3) is 0 Å². The lowest BCUT2D eigenvalue weighted by Gasteiger charge is -2.36. The number of carbonyl (C=O) groups excluding carboxylic acids is 2. The van der Waals surface area contributed by atoms with Crippen LogP contribution in [0.2, 0.25) is 5.02 Å². The Balaban J connectivity index is 1.21. The highest BCUT2D eigenvalue weighted by Crippen LogP contribution is 2.27. The second-order valence-corrected chi connectivity index (χ2v) is 9.51. The summed E-state index contributed by atoms with van der Waals surface area (Å²) in [6.45, 7) is 5.00. The number of hydrogen-bond donors (Lipinski definition) is 1. The first-order valence-corrected chi connectivity index (χ1v) is 12.1. The Morgan fingerprint density at radius 2 is 1.76 bits per heavy atom. The quantitative estimate of drug-likeness (QED) is 0.473. The minimum atomic E-state index is 0.122. The van der Waals surface area contributed by atoms with Crippen molar-refractivity contribution in [2.75, 3.05) is 45.0 Å². The second kappa shape index (κ2) is 11.8. The van der Waals surface area contributed by atoms with Crippen LogP contribution in [0.3, 0.4) is 0 Å². The molecular weight excluding hydrogens is 406 g/mol. The van der Waals surface area contributed by atoms with Crippen molar-refractivity contribution in [3.8, 4) is 0 Å². The Bertz CT molecular complexity index is 657. The van der Waals surface area contributed by atoms with Crippen molar-refractivity contribution in [3.63, 3.8) is 0 Å². The highest BCUT2D eigenvalue weighted by atomic mass is 35.5. The van der Waals surface area contributed by atoms with E-state index in [1.165, 1.54) is 17.7 Å². The highest BCUT2D eigenvalue weighted by Gasteiger charge is 2.29. The van der Waals surface area contributed by atoms with Crippen molar-refractivity contribution < 1.29 is 9.59 Å². The fourth-order valence-electron chi connectivity index (χ4n) is 4.02. The molecule has 0 aromatic heterocycles. The molecule has 1 aromatic carbocycles. The monoisotopic (exact) mass is 437 g/mol. The maximum Gasteiger partial charge on any atom is 0.225 e. The molecule has 0 bridgehead atoms. The van der Waals surface area contributed by atoms with E-state index in [1.807, 2.05) is 29.2 Å². The highest BCUT2D eigenvalue weighted by molar-refractivity contribution is 7.99. The molecule has 0 atom stereocenters. The average Bonchev–Trinajstić information content (AvgIpc) is 3.27. The van der Waals surface area contributed by atoms with E-state index in [0.29, 0.717) is 18.9 Å². The van der Waals surface area contributed by atoms with Gasteiger partial charge in [0, 0.05) is 61.5 Å². The maximum atomic E-state index is 12.5. The lowest BCUT2D eigenvalue weighted by molar-refractivity contribution is -0.137. The van der Waals surface area contributed by atoms with Gasteiger partial charge < -0.3 is 10.2 Å². The van der Waals surface area contributed by atoms with Crippen LogP contribution in [0.5, 0.6) is 0 Å². The standard InChI is InChI=1S/C22H32ClN3O2S/c23-19-7-9-20(10-8-19)29-17-3-6-21(27)24-11-12-25-13-15-26(16-14-25)22(28)18-4-1-2-5-18/h7-10,18H,1-6,11-17H2,(H,24,27). The molecule has 0 unspecified atom stereocenters. The van der Waals surface area contributed by atoms with E-state index >= 15 is 0 Å². The number of piperazine rings is 1. The first-order valence-electron chi connectivity index (χ1n) is 10.8.